The van der Waals surface area contributed by atoms with Gasteiger partial charge in [0.2, 0.25) is 0 Å². The average Bonchev–Trinajstić information content (AvgIpc) is 2.82. The first kappa shape index (κ1) is 13.1. The van der Waals surface area contributed by atoms with Crippen LogP contribution in [0.15, 0.2) is 17.5 Å². The predicted octanol–water partition coefficient (Wildman–Crippen LogP) is 3.28. The summed E-state index contributed by atoms with van der Waals surface area (Å²) in [7, 11) is 0. The van der Waals surface area contributed by atoms with Gasteiger partial charge in [0, 0.05) is 17.5 Å². The summed E-state index contributed by atoms with van der Waals surface area (Å²) in [5.74, 6) is 0.953. The van der Waals surface area contributed by atoms with E-state index in [1.165, 1.54) is 11.1 Å². The normalized spacial score (nSPS) is 10.7. The van der Waals surface area contributed by atoms with Crippen molar-refractivity contribution in [2.45, 2.75) is 27.3 Å². The van der Waals surface area contributed by atoms with Gasteiger partial charge in [-0.25, -0.2) is 4.98 Å². The molecule has 3 nitrogen and oxygen atoms in total. The Morgan fingerprint density at radius 1 is 1.28 bits per heavy atom. The maximum atomic E-state index is 5.60. The number of aromatic nitrogens is 1. The number of nitrogens with zero attached hydrogens (tertiary/aromatic N) is 1. The van der Waals surface area contributed by atoms with Crippen LogP contribution in [0.1, 0.15) is 23.7 Å². The van der Waals surface area contributed by atoms with Gasteiger partial charge in [-0.15, -0.1) is 11.3 Å². The van der Waals surface area contributed by atoms with Crippen molar-refractivity contribution < 1.29 is 4.74 Å². The van der Waals surface area contributed by atoms with Crippen molar-refractivity contribution in [3.63, 3.8) is 0 Å². The van der Waals surface area contributed by atoms with E-state index < -0.39 is 0 Å². The van der Waals surface area contributed by atoms with Crippen molar-refractivity contribution in [1.82, 2.24) is 4.98 Å². The molecule has 0 fully saturated rings. The molecule has 1 heterocycles. The lowest BCUT2D eigenvalue weighted by Crippen LogP contribution is -1.97. The van der Waals surface area contributed by atoms with Gasteiger partial charge in [0.25, 0.3) is 0 Å². The number of aryl methyl sites for hydroxylation is 2. The number of benzene rings is 1. The molecule has 0 aliphatic rings. The average molecular weight is 262 g/mol. The van der Waals surface area contributed by atoms with E-state index in [9.17, 15) is 0 Å². The molecular formula is C14H18N2OS. The van der Waals surface area contributed by atoms with Crippen molar-refractivity contribution >= 4 is 11.3 Å². The van der Waals surface area contributed by atoms with Crippen LogP contribution in [0.5, 0.6) is 5.75 Å². The second kappa shape index (κ2) is 5.50. The molecule has 18 heavy (non-hydrogen) atoms. The zero-order valence-electron chi connectivity index (χ0n) is 11.0. The Hall–Kier alpha value is -1.39. The van der Waals surface area contributed by atoms with Crippen LogP contribution >= 0.6 is 11.3 Å². The summed E-state index contributed by atoms with van der Waals surface area (Å²) in [5, 5.41) is 3.04. The van der Waals surface area contributed by atoms with E-state index in [2.05, 4.69) is 31.0 Å². The molecule has 96 valence electrons. The lowest BCUT2D eigenvalue weighted by atomic mass is 10.1. The highest BCUT2D eigenvalue weighted by molar-refractivity contribution is 7.13. The van der Waals surface area contributed by atoms with Crippen LogP contribution in [0.25, 0.3) is 10.6 Å². The quantitative estimate of drug-likeness (QED) is 0.919. The standard InChI is InChI=1S/C14H18N2OS/c1-4-17-13-6-9(2)12(5-10(13)3)14-16-11(7-15)8-18-14/h5-6,8H,4,7,15H2,1-3H3. The molecule has 2 N–H and O–H groups in total. The molecule has 0 unspecified atom stereocenters. The van der Waals surface area contributed by atoms with Crippen LogP contribution < -0.4 is 10.5 Å². The Morgan fingerprint density at radius 2 is 2.06 bits per heavy atom. The highest BCUT2D eigenvalue weighted by Crippen LogP contribution is 2.32. The second-order valence-electron chi connectivity index (χ2n) is 4.21. The lowest BCUT2D eigenvalue weighted by Gasteiger charge is -2.11. The van der Waals surface area contributed by atoms with E-state index in [1.54, 1.807) is 11.3 Å². The summed E-state index contributed by atoms with van der Waals surface area (Å²) in [6.45, 7) is 7.32. The molecule has 4 heteroatoms. The lowest BCUT2D eigenvalue weighted by molar-refractivity contribution is 0.337. The molecule has 1 aromatic carbocycles. The van der Waals surface area contributed by atoms with Gasteiger partial charge in [0.15, 0.2) is 0 Å². The third-order valence-electron chi connectivity index (χ3n) is 2.81. The van der Waals surface area contributed by atoms with Crippen LogP contribution in [-0.4, -0.2) is 11.6 Å². The zero-order valence-corrected chi connectivity index (χ0v) is 11.8. The SMILES string of the molecule is CCOc1cc(C)c(-c2nc(CN)cs2)cc1C. The molecule has 0 amide bonds. The number of hydrogen-bond donors (Lipinski definition) is 1. The van der Waals surface area contributed by atoms with Crippen LogP contribution in [0.3, 0.4) is 0 Å². The van der Waals surface area contributed by atoms with Crippen LogP contribution in [0.2, 0.25) is 0 Å². The maximum Gasteiger partial charge on any atom is 0.123 e. The van der Waals surface area contributed by atoms with E-state index in [-0.39, 0.29) is 0 Å². The minimum atomic E-state index is 0.492. The molecule has 0 saturated heterocycles. The van der Waals surface area contributed by atoms with E-state index in [4.69, 9.17) is 10.5 Å². The van der Waals surface area contributed by atoms with Gasteiger partial charge in [-0.3, -0.25) is 0 Å². The Balaban J connectivity index is 2.42. The first-order valence-corrected chi connectivity index (χ1v) is 6.92. The summed E-state index contributed by atoms with van der Waals surface area (Å²) in [6.07, 6.45) is 0. The minimum Gasteiger partial charge on any atom is -0.494 e. The number of nitrogens with two attached hydrogens (primary N) is 1. The first-order chi connectivity index (χ1) is 8.65. The number of hydrogen-bond acceptors (Lipinski definition) is 4. The second-order valence-corrected chi connectivity index (χ2v) is 5.07. The molecule has 0 spiro atoms. The van der Waals surface area contributed by atoms with E-state index in [1.807, 2.05) is 12.3 Å². The summed E-state index contributed by atoms with van der Waals surface area (Å²) in [5.41, 5.74) is 10.0. The Labute approximate surface area is 112 Å². The fourth-order valence-corrected chi connectivity index (χ4v) is 2.77. The van der Waals surface area contributed by atoms with Crippen LogP contribution in [0, 0.1) is 13.8 Å². The largest absolute Gasteiger partial charge is 0.494 e. The van der Waals surface area contributed by atoms with Gasteiger partial charge in [-0.1, -0.05) is 0 Å². The predicted molar refractivity (Wildman–Crippen MR) is 76.1 cm³/mol. The molecule has 1 aromatic heterocycles. The van der Waals surface area contributed by atoms with E-state index in [0.717, 1.165) is 22.0 Å². The summed E-state index contributed by atoms with van der Waals surface area (Å²) in [6, 6.07) is 4.22. The molecule has 0 aliphatic heterocycles. The summed E-state index contributed by atoms with van der Waals surface area (Å²) >= 11 is 1.64. The van der Waals surface area contributed by atoms with Gasteiger partial charge in [-0.05, 0) is 44.0 Å². The minimum absolute atomic E-state index is 0.492. The van der Waals surface area contributed by atoms with E-state index >= 15 is 0 Å². The Kier molecular flexibility index (Phi) is 3.99. The van der Waals surface area contributed by atoms with Crippen molar-refractivity contribution in [2.75, 3.05) is 6.61 Å². The highest BCUT2D eigenvalue weighted by Gasteiger charge is 2.10. The molecule has 2 aromatic rings. The molecule has 0 saturated carbocycles. The molecule has 2 rings (SSSR count). The van der Waals surface area contributed by atoms with Crippen molar-refractivity contribution in [1.29, 1.82) is 0 Å². The van der Waals surface area contributed by atoms with Crippen LogP contribution in [0.4, 0.5) is 0 Å². The number of rotatable bonds is 4. The topological polar surface area (TPSA) is 48.1 Å². The van der Waals surface area contributed by atoms with Gasteiger partial charge in [0.1, 0.15) is 10.8 Å². The van der Waals surface area contributed by atoms with Crippen molar-refractivity contribution in [3.8, 4) is 16.3 Å². The molecule has 0 aliphatic carbocycles. The van der Waals surface area contributed by atoms with E-state index in [0.29, 0.717) is 13.2 Å². The highest BCUT2D eigenvalue weighted by atomic mass is 32.1. The fraction of sp³-hybridized carbons (Fsp3) is 0.357. The van der Waals surface area contributed by atoms with Gasteiger partial charge in [-0.2, -0.15) is 0 Å². The zero-order chi connectivity index (χ0) is 13.1. The smallest absolute Gasteiger partial charge is 0.123 e. The summed E-state index contributed by atoms with van der Waals surface area (Å²) < 4.78 is 5.60. The van der Waals surface area contributed by atoms with Gasteiger partial charge in [0.05, 0.1) is 12.3 Å². The van der Waals surface area contributed by atoms with Crippen molar-refractivity contribution in [3.05, 3.63) is 34.3 Å². The third-order valence-corrected chi connectivity index (χ3v) is 3.74. The van der Waals surface area contributed by atoms with Gasteiger partial charge < -0.3 is 10.5 Å². The van der Waals surface area contributed by atoms with Crippen molar-refractivity contribution in [2.24, 2.45) is 5.73 Å². The number of ether oxygens (including phenoxy) is 1. The Bertz CT molecular complexity index is 549. The fourth-order valence-electron chi connectivity index (χ4n) is 1.86. The monoisotopic (exact) mass is 262 g/mol. The van der Waals surface area contributed by atoms with Crippen LogP contribution in [-0.2, 0) is 6.54 Å². The first-order valence-electron chi connectivity index (χ1n) is 6.04. The molecule has 0 atom stereocenters. The summed E-state index contributed by atoms with van der Waals surface area (Å²) in [4.78, 5) is 4.53. The van der Waals surface area contributed by atoms with Gasteiger partial charge >= 0.3 is 0 Å². The maximum absolute atomic E-state index is 5.60. The third kappa shape index (κ3) is 2.54. The molecular weight excluding hydrogens is 244 g/mol. The molecule has 0 radical (unpaired) electrons. The molecule has 0 bridgehead atoms. The Morgan fingerprint density at radius 3 is 2.67 bits per heavy atom. The number of thiazole rings is 1.